The largest absolute Gasteiger partial charge is 0.354 e. The number of anilines is 2. The number of nitrogens with one attached hydrogen (secondary N) is 2. The highest BCUT2D eigenvalue weighted by Crippen LogP contribution is 2.20. The first-order valence-electron chi connectivity index (χ1n) is 8.32. The van der Waals surface area contributed by atoms with Crippen LogP contribution in [0.3, 0.4) is 0 Å². The zero-order valence-corrected chi connectivity index (χ0v) is 14.2. The highest BCUT2D eigenvalue weighted by Gasteiger charge is 2.07. The minimum absolute atomic E-state index is 0.114. The summed E-state index contributed by atoms with van der Waals surface area (Å²) >= 11 is 0. The lowest BCUT2D eigenvalue weighted by atomic mass is 10.1. The Balaban J connectivity index is 1.60. The molecular weight excluding hydrogens is 310 g/mol. The highest BCUT2D eigenvalue weighted by molar-refractivity contribution is 5.94. The van der Waals surface area contributed by atoms with Gasteiger partial charge in [-0.05, 0) is 36.6 Å². The van der Waals surface area contributed by atoms with Crippen LogP contribution in [-0.2, 0) is 6.42 Å². The number of rotatable bonds is 6. The van der Waals surface area contributed by atoms with Gasteiger partial charge in [-0.3, -0.25) is 9.78 Å². The molecule has 2 N–H and O–H groups in total. The van der Waals surface area contributed by atoms with Crippen molar-refractivity contribution >= 4 is 17.3 Å². The van der Waals surface area contributed by atoms with Crippen LogP contribution in [0.2, 0.25) is 0 Å². The molecule has 0 aliphatic heterocycles. The van der Waals surface area contributed by atoms with Crippen molar-refractivity contribution in [2.24, 2.45) is 0 Å². The predicted molar refractivity (Wildman–Crippen MR) is 101 cm³/mol. The molecule has 25 heavy (non-hydrogen) atoms. The number of hydrogen-bond acceptors (Lipinski definition) is 3. The summed E-state index contributed by atoms with van der Waals surface area (Å²) in [6.07, 6.45) is 4.11. The average molecular weight is 331 g/mol. The van der Waals surface area contributed by atoms with Gasteiger partial charge in [-0.25, -0.2) is 0 Å². The number of nitrogens with zero attached hydrogens (tertiary/aromatic N) is 1. The molecule has 0 unspecified atom stereocenters. The van der Waals surface area contributed by atoms with Crippen molar-refractivity contribution in [3.05, 3.63) is 89.7 Å². The van der Waals surface area contributed by atoms with E-state index in [4.69, 9.17) is 0 Å². The van der Waals surface area contributed by atoms with Gasteiger partial charge in [-0.1, -0.05) is 48.5 Å². The number of carbonyl (C=O) groups excluding carboxylic acids is 1. The molecule has 4 heteroatoms. The number of hydrogen-bond donors (Lipinski definition) is 2. The van der Waals surface area contributed by atoms with E-state index in [1.807, 2.05) is 55.5 Å². The Morgan fingerprint density at radius 3 is 2.56 bits per heavy atom. The van der Waals surface area contributed by atoms with Crippen LogP contribution in [0.25, 0.3) is 0 Å². The maximum atomic E-state index is 12.3. The van der Waals surface area contributed by atoms with E-state index < -0.39 is 0 Å². The molecule has 0 saturated carbocycles. The van der Waals surface area contributed by atoms with Crippen molar-refractivity contribution in [2.45, 2.75) is 13.3 Å². The van der Waals surface area contributed by atoms with Gasteiger partial charge in [-0.15, -0.1) is 0 Å². The lowest BCUT2D eigenvalue weighted by Gasteiger charge is -2.10. The van der Waals surface area contributed by atoms with Crippen molar-refractivity contribution in [1.29, 1.82) is 0 Å². The summed E-state index contributed by atoms with van der Waals surface area (Å²) in [5.74, 6) is -0.114. The first-order valence-corrected chi connectivity index (χ1v) is 8.32. The van der Waals surface area contributed by atoms with Crippen LogP contribution >= 0.6 is 0 Å². The number of aromatic nitrogens is 1. The van der Waals surface area contributed by atoms with Crippen LogP contribution in [0.4, 0.5) is 11.4 Å². The minimum Gasteiger partial charge on any atom is -0.354 e. The summed E-state index contributed by atoms with van der Waals surface area (Å²) in [5.41, 5.74) is 4.69. The van der Waals surface area contributed by atoms with Gasteiger partial charge in [0.25, 0.3) is 5.91 Å². The Morgan fingerprint density at radius 2 is 1.76 bits per heavy atom. The van der Waals surface area contributed by atoms with E-state index in [1.165, 1.54) is 5.56 Å². The van der Waals surface area contributed by atoms with Gasteiger partial charge < -0.3 is 10.6 Å². The van der Waals surface area contributed by atoms with Gasteiger partial charge in [0.2, 0.25) is 0 Å². The number of para-hydroxylation sites is 1. The van der Waals surface area contributed by atoms with Crippen molar-refractivity contribution in [2.75, 3.05) is 11.9 Å². The zero-order chi connectivity index (χ0) is 17.5. The molecule has 4 nitrogen and oxygen atoms in total. The van der Waals surface area contributed by atoms with E-state index in [0.717, 1.165) is 23.4 Å². The molecule has 0 aliphatic rings. The molecule has 2 aromatic carbocycles. The summed E-state index contributed by atoms with van der Waals surface area (Å²) in [6, 6.07) is 19.9. The van der Waals surface area contributed by atoms with Crippen molar-refractivity contribution in [1.82, 2.24) is 10.3 Å². The molecule has 0 aliphatic carbocycles. The van der Waals surface area contributed by atoms with E-state index in [0.29, 0.717) is 12.1 Å². The third-order valence-electron chi connectivity index (χ3n) is 3.97. The fraction of sp³-hybridized carbons (Fsp3) is 0.143. The smallest absolute Gasteiger partial charge is 0.252 e. The van der Waals surface area contributed by atoms with Crippen LogP contribution in [0.5, 0.6) is 0 Å². The monoisotopic (exact) mass is 331 g/mol. The zero-order valence-electron chi connectivity index (χ0n) is 14.2. The Morgan fingerprint density at radius 1 is 1.00 bits per heavy atom. The molecule has 1 amide bonds. The number of pyridine rings is 1. The van der Waals surface area contributed by atoms with E-state index in [-0.39, 0.29) is 5.91 Å². The first kappa shape index (κ1) is 16.7. The second-order valence-corrected chi connectivity index (χ2v) is 5.89. The Labute approximate surface area is 147 Å². The van der Waals surface area contributed by atoms with Crippen LogP contribution in [0.1, 0.15) is 21.5 Å². The topological polar surface area (TPSA) is 54.0 Å². The second-order valence-electron chi connectivity index (χ2n) is 5.89. The normalized spacial score (nSPS) is 10.3. The maximum Gasteiger partial charge on any atom is 0.252 e. The van der Waals surface area contributed by atoms with E-state index in [2.05, 4.69) is 27.8 Å². The Kier molecular flexibility index (Phi) is 5.42. The molecule has 0 radical (unpaired) electrons. The third kappa shape index (κ3) is 4.67. The van der Waals surface area contributed by atoms with Crippen LogP contribution in [0, 0.1) is 6.92 Å². The lowest BCUT2D eigenvalue weighted by Crippen LogP contribution is -2.25. The quantitative estimate of drug-likeness (QED) is 0.715. The summed E-state index contributed by atoms with van der Waals surface area (Å²) in [6.45, 7) is 2.63. The number of amides is 1. The van der Waals surface area contributed by atoms with Crippen LogP contribution in [-0.4, -0.2) is 17.4 Å². The number of benzene rings is 2. The number of aryl methyl sites for hydroxylation is 1. The van der Waals surface area contributed by atoms with E-state index in [1.54, 1.807) is 12.4 Å². The third-order valence-corrected chi connectivity index (χ3v) is 3.97. The summed E-state index contributed by atoms with van der Waals surface area (Å²) < 4.78 is 0. The molecule has 0 bridgehead atoms. The van der Waals surface area contributed by atoms with Gasteiger partial charge in [0.15, 0.2) is 0 Å². The fourth-order valence-electron chi connectivity index (χ4n) is 2.57. The van der Waals surface area contributed by atoms with E-state index in [9.17, 15) is 4.79 Å². The summed E-state index contributed by atoms with van der Waals surface area (Å²) in [5, 5.41) is 6.25. The summed E-state index contributed by atoms with van der Waals surface area (Å²) in [4.78, 5) is 16.5. The second kappa shape index (κ2) is 8.11. The predicted octanol–water partition coefficient (Wildman–Crippen LogP) is 4.11. The molecule has 126 valence electrons. The van der Waals surface area contributed by atoms with Gasteiger partial charge in [-0.2, -0.15) is 0 Å². The van der Waals surface area contributed by atoms with Gasteiger partial charge in [0.1, 0.15) is 0 Å². The Hall–Kier alpha value is -3.14. The van der Waals surface area contributed by atoms with Gasteiger partial charge in [0, 0.05) is 18.4 Å². The minimum atomic E-state index is -0.114. The number of carbonyl (C=O) groups is 1. The maximum absolute atomic E-state index is 12.3. The Bertz CT molecular complexity index is 847. The van der Waals surface area contributed by atoms with Gasteiger partial charge in [0.05, 0.1) is 17.4 Å². The summed E-state index contributed by atoms with van der Waals surface area (Å²) in [7, 11) is 0. The molecule has 0 fully saturated rings. The average Bonchev–Trinajstić information content (AvgIpc) is 2.65. The van der Waals surface area contributed by atoms with E-state index >= 15 is 0 Å². The van der Waals surface area contributed by atoms with Crippen molar-refractivity contribution < 1.29 is 4.79 Å². The van der Waals surface area contributed by atoms with Gasteiger partial charge >= 0.3 is 0 Å². The SMILES string of the molecule is Cc1ccccc1Nc1cncc(C(=O)NCCc2ccccc2)c1. The molecule has 1 heterocycles. The van der Waals surface area contributed by atoms with Crippen molar-refractivity contribution in [3.8, 4) is 0 Å². The fourth-order valence-corrected chi connectivity index (χ4v) is 2.57. The molecular formula is C21H21N3O. The molecule has 1 aromatic heterocycles. The van der Waals surface area contributed by atoms with Crippen LogP contribution in [0.15, 0.2) is 73.1 Å². The molecule has 3 aromatic rings. The molecule has 3 rings (SSSR count). The van der Waals surface area contributed by atoms with Crippen molar-refractivity contribution in [3.63, 3.8) is 0 Å². The first-order chi connectivity index (χ1) is 12.2. The molecule has 0 saturated heterocycles. The van der Waals surface area contributed by atoms with Crippen LogP contribution < -0.4 is 10.6 Å². The highest BCUT2D eigenvalue weighted by atomic mass is 16.1. The standard InChI is InChI=1S/C21H21N3O/c1-16-7-5-6-10-20(16)24-19-13-18(14-22-15-19)21(25)23-12-11-17-8-3-2-4-9-17/h2-10,13-15,24H,11-12H2,1H3,(H,23,25). The molecule has 0 atom stereocenters. The lowest BCUT2D eigenvalue weighted by molar-refractivity contribution is 0.0954. The molecule has 0 spiro atoms.